The van der Waals surface area contributed by atoms with Crippen molar-refractivity contribution >= 4 is 11.6 Å². The second-order valence-corrected chi connectivity index (χ2v) is 6.45. The third kappa shape index (κ3) is 5.05. The molecule has 2 heterocycles. The highest BCUT2D eigenvalue weighted by Crippen LogP contribution is 2.32. The minimum absolute atomic E-state index is 0.103. The van der Waals surface area contributed by atoms with E-state index >= 15 is 0 Å². The van der Waals surface area contributed by atoms with Gasteiger partial charge in [-0.15, -0.1) is 10.2 Å². The van der Waals surface area contributed by atoms with Gasteiger partial charge in [0, 0.05) is 12.3 Å². The van der Waals surface area contributed by atoms with Crippen molar-refractivity contribution in [3.63, 3.8) is 0 Å². The fraction of sp³-hybridized carbons (Fsp3) is 0.200. The van der Waals surface area contributed by atoms with E-state index in [1.807, 2.05) is 0 Å². The fourth-order valence-electron chi connectivity index (χ4n) is 2.53. The monoisotopic (exact) mass is 436 g/mol. The van der Waals surface area contributed by atoms with Crippen molar-refractivity contribution < 1.29 is 31.8 Å². The quantitative estimate of drug-likeness (QED) is 0.584. The standard InChI is InChI=1S/C20H16F4N4O3/c1-10-6-12(21)4-5-15(10)31-19-13(7-16(27-28-19)20(22,23)24)18(29)26-14-8-17(30-3)25-9-11(14)2/h4-9H,1-3H3,(H,25,26,29). The molecule has 7 nitrogen and oxygen atoms in total. The van der Waals surface area contributed by atoms with Crippen molar-refractivity contribution in [3.8, 4) is 17.5 Å². The summed E-state index contributed by atoms with van der Waals surface area (Å²) >= 11 is 0. The van der Waals surface area contributed by atoms with Crippen LogP contribution in [0.15, 0.2) is 36.5 Å². The van der Waals surface area contributed by atoms with Crippen LogP contribution in [0.4, 0.5) is 23.2 Å². The Hall–Kier alpha value is -3.76. The number of alkyl halides is 3. The summed E-state index contributed by atoms with van der Waals surface area (Å²) in [5.74, 6) is -1.62. The largest absolute Gasteiger partial charge is 0.481 e. The second-order valence-electron chi connectivity index (χ2n) is 6.45. The number of carbonyl (C=O) groups excluding carboxylic acids is 1. The molecular weight excluding hydrogens is 420 g/mol. The van der Waals surface area contributed by atoms with E-state index in [9.17, 15) is 22.4 Å². The lowest BCUT2D eigenvalue weighted by molar-refractivity contribution is -0.141. The molecule has 1 aromatic carbocycles. The van der Waals surface area contributed by atoms with E-state index in [1.165, 1.54) is 38.4 Å². The van der Waals surface area contributed by atoms with E-state index in [2.05, 4.69) is 20.5 Å². The molecule has 0 saturated heterocycles. The normalized spacial score (nSPS) is 11.2. The maximum Gasteiger partial charge on any atom is 0.435 e. The van der Waals surface area contributed by atoms with E-state index in [-0.39, 0.29) is 17.3 Å². The molecule has 0 fully saturated rings. The summed E-state index contributed by atoms with van der Waals surface area (Å²) in [6, 6.07) is 5.48. The zero-order valence-corrected chi connectivity index (χ0v) is 16.5. The predicted molar refractivity (Wildman–Crippen MR) is 102 cm³/mol. The molecule has 0 aliphatic carbocycles. The first-order valence-electron chi connectivity index (χ1n) is 8.79. The first kappa shape index (κ1) is 21.9. The molecular formula is C20H16F4N4O3. The fourth-order valence-corrected chi connectivity index (χ4v) is 2.53. The minimum Gasteiger partial charge on any atom is -0.481 e. The second kappa shape index (κ2) is 8.54. The van der Waals surface area contributed by atoms with Gasteiger partial charge in [0.15, 0.2) is 5.69 Å². The van der Waals surface area contributed by atoms with Crippen LogP contribution in [0.2, 0.25) is 0 Å². The zero-order chi connectivity index (χ0) is 22.8. The van der Waals surface area contributed by atoms with E-state index in [0.29, 0.717) is 17.2 Å². The summed E-state index contributed by atoms with van der Waals surface area (Å²) in [6.45, 7) is 3.18. The Balaban J connectivity index is 2.02. The number of benzene rings is 1. The molecule has 3 rings (SSSR count). The third-order valence-electron chi connectivity index (χ3n) is 4.17. The molecule has 11 heteroatoms. The maximum atomic E-state index is 13.3. The molecule has 162 valence electrons. The highest BCUT2D eigenvalue weighted by atomic mass is 19.4. The highest BCUT2D eigenvalue weighted by Gasteiger charge is 2.35. The van der Waals surface area contributed by atoms with E-state index in [1.54, 1.807) is 6.92 Å². The molecule has 0 aliphatic heterocycles. The van der Waals surface area contributed by atoms with Gasteiger partial charge in [0.1, 0.15) is 17.1 Å². The summed E-state index contributed by atoms with van der Waals surface area (Å²) in [7, 11) is 1.38. The van der Waals surface area contributed by atoms with Crippen LogP contribution in [0.1, 0.15) is 27.2 Å². The highest BCUT2D eigenvalue weighted by molar-refractivity contribution is 6.06. The van der Waals surface area contributed by atoms with Gasteiger partial charge in [-0.2, -0.15) is 13.2 Å². The Labute approximate surface area is 174 Å². The molecule has 0 bridgehead atoms. The number of methoxy groups -OCH3 is 1. The molecule has 0 atom stereocenters. The van der Waals surface area contributed by atoms with Crippen LogP contribution in [0.25, 0.3) is 0 Å². The summed E-state index contributed by atoms with van der Waals surface area (Å²) in [5, 5.41) is 9.04. The number of aryl methyl sites for hydroxylation is 2. The Kier molecular flexibility index (Phi) is 6.04. The zero-order valence-electron chi connectivity index (χ0n) is 16.5. The topological polar surface area (TPSA) is 86.2 Å². The van der Waals surface area contributed by atoms with Crippen LogP contribution in [-0.4, -0.2) is 28.2 Å². The molecule has 0 radical (unpaired) electrons. The lowest BCUT2D eigenvalue weighted by atomic mass is 10.2. The van der Waals surface area contributed by atoms with Gasteiger partial charge in [-0.25, -0.2) is 9.37 Å². The van der Waals surface area contributed by atoms with Gasteiger partial charge in [-0.3, -0.25) is 4.79 Å². The van der Waals surface area contributed by atoms with Crippen LogP contribution in [0, 0.1) is 19.7 Å². The molecule has 1 amide bonds. The molecule has 2 aromatic heterocycles. The van der Waals surface area contributed by atoms with Crippen molar-refractivity contribution in [2.45, 2.75) is 20.0 Å². The number of carbonyl (C=O) groups is 1. The van der Waals surface area contributed by atoms with Crippen molar-refractivity contribution in [3.05, 3.63) is 64.7 Å². The SMILES string of the molecule is COc1cc(NC(=O)c2cc(C(F)(F)F)nnc2Oc2ccc(F)cc2C)c(C)cn1. The third-order valence-corrected chi connectivity index (χ3v) is 4.17. The van der Waals surface area contributed by atoms with Crippen LogP contribution < -0.4 is 14.8 Å². The van der Waals surface area contributed by atoms with E-state index in [4.69, 9.17) is 9.47 Å². The number of rotatable bonds is 5. The number of ether oxygens (including phenoxy) is 2. The van der Waals surface area contributed by atoms with Gasteiger partial charge < -0.3 is 14.8 Å². The van der Waals surface area contributed by atoms with Crippen molar-refractivity contribution in [2.24, 2.45) is 0 Å². The van der Waals surface area contributed by atoms with Crippen LogP contribution >= 0.6 is 0 Å². The number of halogens is 4. The number of nitrogens with zero attached hydrogens (tertiary/aromatic N) is 3. The number of amides is 1. The molecule has 1 N–H and O–H groups in total. The van der Waals surface area contributed by atoms with Gasteiger partial charge in [-0.1, -0.05) is 0 Å². The summed E-state index contributed by atoms with van der Waals surface area (Å²) in [5.41, 5.74) is -0.718. The molecule has 0 saturated carbocycles. The molecule has 31 heavy (non-hydrogen) atoms. The number of hydrogen-bond acceptors (Lipinski definition) is 6. The smallest absolute Gasteiger partial charge is 0.435 e. The molecule has 0 spiro atoms. The minimum atomic E-state index is -4.83. The van der Waals surface area contributed by atoms with Crippen LogP contribution in [0.5, 0.6) is 17.5 Å². The van der Waals surface area contributed by atoms with Gasteiger partial charge in [0.25, 0.3) is 11.8 Å². The average molecular weight is 436 g/mol. The first-order valence-corrected chi connectivity index (χ1v) is 8.79. The van der Waals surface area contributed by atoms with Crippen molar-refractivity contribution in [2.75, 3.05) is 12.4 Å². The Bertz CT molecular complexity index is 1140. The number of hydrogen-bond donors (Lipinski definition) is 1. The Morgan fingerprint density at radius 3 is 2.45 bits per heavy atom. The van der Waals surface area contributed by atoms with Gasteiger partial charge in [-0.05, 0) is 49.2 Å². The van der Waals surface area contributed by atoms with E-state index < -0.39 is 35.0 Å². The first-order chi connectivity index (χ1) is 14.6. The van der Waals surface area contributed by atoms with Gasteiger partial charge in [0.2, 0.25) is 5.88 Å². The number of aromatic nitrogens is 3. The summed E-state index contributed by atoms with van der Waals surface area (Å²) in [4.78, 5) is 16.8. The summed E-state index contributed by atoms with van der Waals surface area (Å²) in [6.07, 6.45) is -3.40. The van der Waals surface area contributed by atoms with Crippen LogP contribution in [-0.2, 0) is 6.18 Å². The number of anilines is 1. The summed E-state index contributed by atoms with van der Waals surface area (Å²) < 4.78 is 63.3. The van der Waals surface area contributed by atoms with E-state index in [0.717, 1.165) is 6.07 Å². The maximum absolute atomic E-state index is 13.3. The van der Waals surface area contributed by atoms with Crippen LogP contribution in [0.3, 0.4) is 0 Å². The lowest BCUT2D eigenvalue weighted by Crippen LogP contribution is -2.18. The van der Waals surface area contributed by atoms with Gasteiger partial charge >= 0.3 is 6.18 Å². The molecule has 0 aliphatic rings. The van der Waals surface area contributed by atoms with Crippen molar-refractivity contribution in [1.29, 1.82) is 0 Å². The average Bonchev–Trinajstić information content (AvgIpc) is 2.71. The molecule has 0 unspecified atom stereocenters. The van der Waals surface area contributed by atoms with Gasteiger partial charge in [0.05, 0.1) is 12.8 Å². The Morgan fingerprint density at radius 1 is 1.06 bits per heavy atom. The molecule has 3 aromatic rings. The number of nitrogens with one attached hydrogen (secondary N) is 1. The predicted octanol–water partition coefficient (Wildman–Crippen LogP) is 4.70. The lowest BCUT2D eigenvalue weighted by Gasteiger charge is -2.14. The Morgan fingerprint density at radius 2 is 1.81 bits per heavy atom. The number of pyridine rings is 1. The van der Waals surface area contributed by atoms with Crippen molar-refractivity contribution in [1.82, 2.24) is 15.2 Å².